The lowest BCUT2D eigenvalue weighted by Crippen LogP contribution is -2.42. The SMILES string of the molecule is O=C(Cn1ccnn1)NCC1(C(=O)O)CCCC1. The Balaban J connectivity index is 1.86. The van der Waals surface area contributed by atoms with Gasteiger partial charge in [0.15, 0.2) is 0 Å². The van der Waals surface area contributed by atoms with Gasteiger partial charge < -0.3 is 10.4 Å². The highest BCUT2D eigenvalue weighted by atomic mass is 16.4. The van der Waals surface area contributed by atoms with Crippen LogP contribution in [0, 0.1) is 5.41 Å². The molecule has 0 saturated heterocycles. The van der Waals surface area contributed by atoms with E-state index in [0.29, 0.717) is 12.8 Å². The van der Waals surface area contributed by atoms with Gasteiger partial charge in [-0.1, -0.05) is 18.1 Å². The van der Waals surface area contributed by atoms with E-state index in [9.17, 15) is 14.7 Å². The predicted molar refractivity (Wildman–Crippen MR) is 61.6 cm³/mol. The van der Waals surface area contributed by atoms with Crippen molar-refractivity contribution >= 4 is 11.9 Å². The average molecular weight is 252 g/mol. The maximum atomic E-state index is 11.6. The molecular weight excluding hydrogens is 236 g/mol. The molecule has 0 aromatic carbocycles. The molecule has 1 aliphatic rings. The molecule has 0 spiro atoms. The van der Waals surface area contributed by atoms with Crippen molar-refractivity contribution in [2.24, 2.45) is 5.41 Å². The van der Waals surface area contributed by atoms with E-state index < -0.39 is 11.4 Å². The minimum atomic E-state index is -0.818. The second-order valence-corrected chi connectivity index (χ2v) is 4.67. The molecule has 18 heavy (non-hydrogen) atoms. The van der Waals surface area contributed by atoms with E-state index in [4.69, 9.17) is 0 Å². The Morgan fingerprint density at radius 1 is 1.39 bits per heavy atom. The molecule has 0 unspecified atom stereocenters. The summed E-state index contributed by atoms with van der Waals surface area (Å²) < 4.78 is 1.40. The number of rotatable bonds is 5. The molecule has 0 bridgehead atoms. The number of hydrogen-bond donors (Lipinski definition) is 2. The molecule has 1 heterocycles. The highest BCUT2D eigenvalue weighted by Crippen LogP contribution is 2.37. The fourth-order valence-electron chi connectivity index (χ4n) is 2.31. The molecule has 1 aromatic rings. The third-order valence-electron chi connectivity index (χ3n) is 3.42. The van der Waals surface area contributed by atoms with Crippen molar-refractivity contribution in [2.45, 2.75) is 32.2 Å². The largest absolute Gasteiger partial charge is 0.481 e. The van der Waals surface area contributed by atoms with E-state index in [0.717, 1.165) is 12.8 Å². The molecule has 2 N–H and O–H groups in total. The van der Waals surface area contributed by atoms with Crippen LogP contribution < -0.4 is 5.32 Å². The van der Waals surface area contributed by atoms with Crippen molar-refractivity contribution in [3.05, 3.63) is 12.4 Å². The molecule has 0 radical (unpaired) electrons. The van der Waals surface area contributed by atoms with Gasteiger partial charge in [-0.15, -0.1) is 5.10 Å². The first kappa shape index (κ1) is 12.5. The lowest BCUT2D eigenvalue weighted by Gasteiger charge is -2.23. The Kier molecular flexibility index (Phi) is 3.59. The summed E-state index contributed by atoms with van der Waals surface area (Å²) >= 11 is 0. The van der Waals surface area contributed by atoms with Crippen LogP contribution in [0.25, 0.3) is 0 Å². The van der Waals surface area contributed by atoms with Crippen molar-refractivity contribution < 1.29 is 14.7 Å². The second-order valence-electron chi connectivity index (χ2n) is 4.67. The molecule has 1 aliphatic carbocycles. The van der Waals surface area contributed by atoms with Gasteiger partial charge >= 0.3 is 5.97 Å². The van der Waals surface area contributed by atoms with Gasteiger partial charge in [-0.25, -0.2) is 4.68 Å². The number of carboxylic acids is 1. The number of nitrogens with zero attached hydrogens (tertiary/aromatic N) is 3. The Bertz CT molecular complexity index is 424. The molecule has 1 saturated carbocycles. The molecule has 1 aromatic heterocycles. The summed E-state index contributed by atoms with van der Waals surface area (Å²) in [6, 6.07) is 0. The van der Waals surface area contributed by atoms with Gasteiger partial charge in [0.05, 0.1) is 11.6 Å². The molecule has 0 atom stereocenters. The summed E-state index contributed by atoms with van der Waals surface area (Å²) in [4.78, 5) is 22.9. The third-order valence-corrected chi connectivity index (χ3v) is 3.42. The van der Waals surface area contributed by atoms with Crippen LogP contribution in [0.15, 0.2) is 12.4 Å². The van der Waals surface area contributed by atoms with E-state index in [1.165, 1.54) is 10.9 Å². The Morgan fingerprint density at radius 2 is 2.11 bits per heavy atom. The monoisotopic (exact) mass is 252 g/mol. The molecule has 2 rings (SSSR count). The van der Waals surface area contributed by atoms with E-state index in [2.05, 4.69) is 15.6 Å². The Morgan fingerprint density at radius 3 is 2.67 bits per heavy atom. The van der Waals surface area contributed by atoms with Gasteiger partial charge in [-0.05, 0) is 12.8 Å². The number of aromatic nitrogens is 3. The van der Waals surface area contributed by atoms with Gasteiger partial charge in [0.2, 0.25) is 5.91 Å². The van der Waals surface area contributed by atoms with Crippen LogP contribution in [-0.2, 0) is 16.1 Å². The van der Waals surface area contributed by atoms with Crippen molar-refractivity contribution in [1.29, 1.82) is 0 Å². The highest BCUT2D eigenvalue weighted by molar-refractivity contribution is 5.79. The molecule has 7 nitrogen and oxygen atoms in total. The van der Waals surface area contributed by atoms with E-state index in [-0.39, 0.29) is 19.0 Å². The minimum Gasteiger partial charge on any atom is -0.481 e. The zero-order valence-corrected chi connectivity index (χ0v) is 10.0. The number of nitrogens with one attached hydrogen (secondary N) is 1. The fraction of sp³-hybridized carbons (Fsp3) is 0.636. The van der Waals surface area contributed by atoms with Gasteiger partial charge in [-0.2, -0.15) is 0 Å². The van der Waals surface area contributed by atoms with Crippen molar-refractivity contribution in [3.8, 4) is 0 Å². The normalized spacial score (nSPS) is 17.6. The van der Waals surface area contributed by atoms with Crippen LogP contribution in [0.2, 0.25) is 0 Å². The summed E-state index contributed by atoms with van der Waals surface area (Å²) in [5.74, 6) is -1.06. The summed E-state index contributed by atoms with van der Waals surface area (Å²) in [5, 5.41) is 19.2. The number of amides is 1. The van der Waals surface area contributed by atoms with Crippen LogP contribution in [0.5, 0.6) is 0 Å². The van der Waals surface area contributed by atoms with Crippen LogP contribution in [0.4, 0.5) is 0 Å². The number of carboxylic acid groups (broad SMARTS) is 1. The first-order valence-corrected chi connectivity index (χ1v) is 5.97. The van der Waals surface area contributed by atoms with Crippen molar-refractivity contribution in [3.63, 3.8) is 0 Å². The van der Waals surface area contributed by atoms with Crippen LogP contribution in [0.1, 0.15) is 25.7 Å². The van der Waals surface area contributed by atoms with Crippen LogP contribution in [0.3, 0.4) is 0 Å². The Hall–Kier alpha value is -1.92. The molecule has 98 valence electrons. The van der Waals surface area contributed by atoms with Crippen molar-refractivity contribution in [2.75, 3.05) is 6.54 Å². The van der Waals surface area contributed by atoms with Crippen molar-refractivity contribution in [1.82, 2.24) is 20.3 Å². The molecular formula is C11H16N4O3. The maximum absolute atomic E-state index is 11.6. The van der Waals surface area contributed by atoms with E-state index >= 15 is 0 Å². The molecule has 1 amide bonds. The van der Waals surface area contributed by atoms with E-state index in [1.54, 1.807) is 6.20 Å². The van der Waals surface area contributed by atoms with Gasteiger partial charge in [0.1, 0.15) is 6.54 Å². The second kappa shape index (κ2) is 5.16. The predicted octanol–water partition coefficient (Wildman–Crippen LogP) is 0.0393. The quantitative estimate of drug-likeness (QED) is 0.771. The number of carbonyl (C=O) groups is 2. The standard InChI is InChI=1S/C11H16N4O3/c16-9(7-15-6-5-13-14-15)12-8-11(10(17)18)3-1-2-4-11/h5-6H,1-4,7-8H2,(H,12,16)(H,17,18). The first-order valence-electron chi connectivity index (χ1n) is 5.97. The van der Waals surface area contributed by atoms with Crippen LogP contribution in [-0.4, -0.2) is 38.5 Å². The molecule has 1 fully saturated rings. The number of hydrogen-bond acceptors (Lipinski definition) is 4. The summed E-state index contributed by atoms with van der Waals surface area (Å²) in [5.41, 5.74) is -0.780. The van der Waals surface area contributed by atoms with Crippen LogP contribution >= 0.6 is 0 Å². The van der Waals surface area contributed by atoms with Gasteiger partial charge in [0.25, 0.3) is 0 Å². The lowest BCUT2D eigenvalue weighted by molar-refractivity contribution is -0.148. The number of carbonyl (C=O) groups excluding carboxylic acids is 1. The maximum Gasteiger partial charge on any atom is 0.311 e. The first-order chi connectivity index (χ1) is 8.62. The zero-order valence-electron chi connectivity index (χ0n) is 10.0. The van der Waals surface area contributed by atoms with Gasteiger partial charge in [-0.3, -0.25) is 9.59 Å². The number of aliphatic carboxylic acids is 1. The minimum absolute atomic E-state index is 0.0652. The zero-order chi connectivity index (χ0) is 13.0. The fourth-order valence-corrected chi connectivity index (χ4v) is 2.31. The lowest BCUT2D eigenvalue weighted by atomic mass is 9.86. The topological polar surface area (TPSA) is 97.1 Å². The van der Waals surface area contributed by atoms with Gasteiger partial charge in [0, 0.05) is 12.7 Å². The molecule has 0 aliphatic heterocycles. The summed E-state index contributed by atoms with van der Waals surface area (Å²) in [6.45, 7) is 0.256. The smallest absolute Gasteiger partial charge is 0.311 e. The third kappa shape index (κ3) is 2.66. The Labute approximate surface area is 104 Å². The highest BCUT2D eigenvalue weighted by Gasteiger charge is 2.41. The molecule has 7 heteroatoms. The summed E-state index contributed by atoms with van der Waals surface area (Å²) in [7, 11) is 0. The summed E-state index contributed by atoms with van der Waals surface area (Å²) in [6.07, 6.45) is 6.15. The average Bonchev–Trinajstić information content (AvgIpc) is 2.97. The van der Waals surface area contributed by atoms with E-state index in [1.807, 2.05) is 0 Å².